The molecule has 0 aliphatic carbocycles. The van der Waals surface area contributed by atoms with E-state index in [0.29, 0.717) is 11.3 Å². The molecule has 6 nitrogen and oxygen atoms in total. The van der Waals surface area contributed by atoms with E-state index in [1.54, 1.807) is 10.9 Å². The van der Waals surface area contributed by atoms with Crippen molar-refractivity contribution in [1.29, 1.82) is 0 Å². The van der Waals surface area contributed by atoms with E-state index in [-0.39, 0.29) is 6.10 Å². The van der Waals surface area contributed by atoms with Gasteiger partial charge in [-0.2, -0.15) is 4.68 Å². The molecule has 4 rings (SSSR count). The Bertz CT molecular complexity index is 1070. The Morgan fingerprint density at radius 1 is 0.900 bits per heavy atom. The predicted octanol–water partition coefficient (Wildman–Crippen LogP) is 5.64. The normalized spacial score (nSPS) is 10.1. The molecule has 0 bridgehead atoms. The summed E-state index contributed by atoms with van der Waals surface area (Å²) in [7, 11) is 0. The van der Waals surface area contributed by atoms with Gasteiger partial charge < -0.3 is 4.74 Å². The topological polar surface area (TPSA) is 65.7 Å². The van der Waals surface area contributed by atoms with E-state index in [9.17, 15) is 0 Å². The molecule has 6 heteroatoms. The van der Waals surface area contributed by atoms with Gasteiger partial charge >= 0.3 is 0 Å². The molecule has 2 heterocycles. The number of fused-ring (bicyclic) bond motifs is 1. The average molecular weight is 406 g/mol. The van der Waals surface area contributed by atoms with E-state index in [2.05, 4.69) is 33.3 Å². The Kier molecular flexibility index (Phi) is 8.47. The van der Waals surface area contributed by atoms with Crippen molar-refractivity contribution in [3.05, 3.63) is 71.7 Å². The van der Waals surface area contributed by atoms with Crippen molar-refractivity contribution in [3.63, 3.8) is 0 Å². The van der Waals surface area contributed by atoms with Crippen LogP contribution in [0, 0.1) is 20.8 Å². The molecule has 4 aromatic rings. The zero-order valence-electron chi connectivity index (χ0n) is 18.9. The van der Waals surface area contributed by atoms with Gasteiger partial charge in [-0.1, -0.05) is 43.3 Å². The van der Waals surface area contributed by atoms with Crippen LogP contribution in [-0.2, 0) is 0 Å². The number of benzene rings is 2. The number of nitrogens with zero attached hydrogens (tertiary/aromatic N) is 5. The summed E-state index contributed by atoms with van der Waals surface area (Å²) in [5.74, 6) is 1.67. The molecule has 0 N–H and O–H groups in total. The summed E-state index contributed by atoms with van der Waals surface area (Å²) in [4.78, 5) is 8.47. The SMILES string of the molecule is CC.Cc1cccc(-n2nnc3cnc(C)nc32)c1.Cc1cccc(OC(C)C)c1. The zero-order valence-corrected chi connectivity index (χ0v) is 18.9. The van der Waals surface area contributed by atoms with Crippen molar-refractivity contribution >= 4 is 11.2 Å². The molecule has 0 aliphatic heterocycles. The lowest BCUT2D eigenvalue weighted by atomic mass is 10.2. The van der Waals surface area contributed by atoms with E-state index in [4.69, 9.17) is 4.74 Å². The first-order valence-corrected chi connectivity index (χ1v) is 10.3. The highest BCUT2D eigenvalue weighted by molar-refractivity contribution is 5.70. The first-order valence-electron chi connectivity index (χ1n) is 10.3. The highest BCUT2D eigenvalue weighted by atomic mass is 16.5. The van der Waals surface area contributed by atoms with E-state index in [1.165, 1.54) is 11.1 Å². The van der Waals surface area contributed by atoms with Gasteiger partial charge in [-0.3, -0.25) is 0 Å². The van der Waals surface area contributed by atoms with Gasteiger partial charge in [0, 0.05) is 0 Å². The van der Waals surface area contributed by atoms with Crippen molar-refractivity contribution in [2.75, 3.05) is 0 Å². The van der Waals surface area contributed by atoms with Gasteiger partial charge in [0.2, 0.25) is 0 Å². The third kappa shape index (κ3) is 6.37. The van der Waals surface area contributed by atoms with Crippen LogP contribution < -0.4 is 4.74 Å². The second-order valence-corrected chi connectivity index (χ2v) is 6.95. The molecule has 0 atom stereocenters. The lowest BCUT2D eigenvalue weighted by Gasteiger charge is -2.09. The fourth-order valence-electron chi connectivity index (χ4n) is 2.71. The zero-order chi connectivity index (χ0) is 22.1. The Labute approximate surface area is 179 Å². The van der Waals surface area contributed by atoms with Crippen LogP contribution in [-0.4, -0.2) is 31.1 Å². The third-order valence-corrected chi connectivity index (χ3v) is 3.92. The molecule has 0 saturated carbocycles. The predicted molar refractivity (Wildman–Crippen MR) is 122 cm³/mol. The molecule has 0 unspecified atom stereocenters. The maximum atomic E-state index is 5.50. The van der Waals surface area contributed by atoms with Crippen molar-refractivity contribution in [3.8, 4) is 11.4 Å². The summed E-state index contributed by atoms with van der Waals surface area (Å²) in [6.45, 7) is 14.0. The van der Waals surface area contributed by atoms with Crippen LogP contribution in [0.25, 0.3) is 16.9 Å². The fourth-order valence-corrected chi connectivity index (χ4v) is 2.71. The summed E-state index contributed by atoms with van der Waals surface area (Å²) in [6, 6.07) is 16.2. The van der Waals surface area contributed by atoms with Crippen molar-refractivity contribution < 1.29 is 4.74 Å². The van der Waals surface area contributed by atoms with Gasteiger partial charge in [-0.15, -0.1) is 5.10 Å². The molecule has 2 aromatic heterocycles. The average Bonchev–Trinajstić information content (AvgIpc) is 3.12. The Hall–Kier alpha value is -3.28. The summed E-state index contributed by atoms with van der Waals surface area (Å²) < 4.78 is 7.23. The molecule has 0 fully saturated rings. The molecule has 0 radical (unpaired) electrons. The second-order valence-electron chi connectivity index (χ2n) is 6.95. The number of hydrogen-bond acceptors (Lipinski definition) is 5. The van der Waals surface area contributed by atoms with Gasteiger partial charge in [0.15, 0.2) is 11.2 Å². The highest BCUT2D eigenvalue weighted by Crippen LogP contribution is 2.15. The summed E-state index contributed by atoms with van der Waals surface area (Å²) in [5, 5.41) is 8.17. The number of ether oxygens (including phenoxy) is 1. The van der Waals surface area contributed by atoms with Crippen LogP contribution >= 0.6 is 0 Å². The molecular formula is C24H31N5O. The van der Waals surface area contributed by atoms with Crippen molar-refractivity contribution in [2.24, 2.45) is 0 Å². The molecule has 158 valence electrons. The molecule has 0 saturated heterocycles. The Morgan fingerprint density at radius 2 is 1.57 bits per heavy atom. The van der Waals surface area contributed by atoms with E-state index in [1.807, 2.05) is 84.0 Å². The van der Waals surface area contributed by atoms with Crippen LogP contribution in [0.2, 0.25) is 0 Å². The van der Waals surface area contributed by atoms with Crippen LogP contribution in [0.3, 0.4) is 0 Å². The van der Waals surface area contributed by atoms with Crippen molar-refractivity contribution in [1.82, 2.24) is 25.0 Å². The van der Waals surface area contributed by atoms with E-state index >= 15 is 0 Å². The number of hydrogen-bond donors (Lipinski definition) is 0. The van der Waals surface area contributed by atoms with Crippen LogP contribution in [0.15, 0.2) is 54.7 Å². The summed E-state index contributed by atoms with van der Waals surface area (Å²) in [5.41, 5.74) is 4.82. The second kappa shape index (κ2) is 11.0. The summed E-state index contributed by atoms with van der Waals surface area (Å²) in [6.07, 6.45) is 1.95. The van der Waals surface area contributed by atoms with Gasteiger partial charge in [-0.25, -0.2) is 9.97 Å². The maximum Gasteiger partial charge on any atom is 0.187 e. The molecular weight excluding hydrogens is 374 g/mol. The molecule has 2 aromatic carbocycles. The lowest BCUT2D eigenvalue weighted by molar-refractivity contribution is 0.242. The minimum atomic E-state index is 0.261. The first-order chi connectivity index (χ1) is 14.4. The first kappa shape index (κ1) is 23.0. The monoisotopic (exact) mass is 405 g/mol. The maximum absolute atomic E-state index is 5.50. The lowest BCUT2D eigenvalue weighted by Crippen LogP contribution is -2.05. The van der Waals surface area contributed by atoms with Crippen LogP contribution in [0.4, 0.5) is 0 Å². The number of aromatic nitrogens is 5. The van der Waals surface area contributed by atoms with E-state index in [0.717, 1.165) is 17.1 Å². The van der Waals surface area contributed by atoms with Gasteiger partial charge in [-0.05, 0) is 70.0 Å². The molecule has 30 heavy (non-hydrogen) atoms. The molecule has 0 spiro atoms. The number of aryl methyl sites for hydroxylation is 3. The fraction of sp³-hybridized carbons (Fsp3) is 0.333. The van der Waals surface area contributed by atoms with Crippen LogP contribution in [0.1, 0.15) is 44.6 Å². The molecule has 0 aliphatic rings. The Balaban J connectivity index is 0.000000215. The number of rotatable bonds is 3. The standard InChI is InChI=1S/C12H11N5.C10H14O.C2H6/c1-8-4-3-5-10(6-8)17-12-11(15-16-17)7-13-9(2)14-12;1-8(2)11-10-6-4-5-9(3)7-10;1-2/h3-7H,1-2H3;4-8H,1-3H3;1-2H3. The minimum Gasteiger partial charge on any atom is -0.491 e. The summed E-state index contributed by atoms with van der Waals surface area (Å²) >= 11 is 0. The van der Waals surface area contributed by atoms with Gasteiger partial charge in [0.1, 0.15) is 11.6 Å². The quantitative estimate of drug-likeness (QED) is 0.441. The largest absolute Gasteiger partial charge is 0.491 e. The highest BCUT2D eigenvalue weighted by Gasteiger charge is 2.08. The van der Waals surface area contributed by atoms with E-state index < -0.39 is 0 Å². The van der Waals surface area contributed by atoms with Crippen molar-refractivity contribution in [2.45, 2.75) is 54.6 Å². The Morgan fingerprint density at radius 3 is 2.20 bits per heavy atom. The van der Waals surface area contributed by atoms with Gasteiger partial charge in [0.05, 0.1) is 18.0 Å². The molecule has 0 amide bonds. The minimum absolute atomic E-state index is 0.261. The smallest absolute Gasteiger partial charge is 0.187 e. The third-order valence-electron chi connectivity index (χ3n) is 3.92. The van der Waals surface area contributed by atoms with Gasteiger partial charge in [0.25, 0.3) is 0 Å². The van der Waals surface area contributed by atoms with Crippen LogP contribution in [0.5, 0.6) is 5.75 Å².